The van der Waals surface area contributed by atoms with E-state index < -0.39 is 37.2 Å². The second kappa shape index (κ2) is 7.29. The number of anilines is 1. The molecule has 11 heteroatoms. The number of likely N-dealkylation sites (N-methyl/N-ethyl adjacent to an activating group) is 1. The van der Waals surface area contributed by atoms with E-state index in [1.807, 2.05) is 0 Å². The van der Waals surface area contributed by atoms with Crippen molar-refractivity contribution in [2.45, 2.75) is 13.0 Å². The van der Waals surface area contributed by atoms with Crippen LogP contribution in [0, 0.1) is 5.82 Å². The van der Waals surface area contributed by atoms with Gasteiger partial charge in [-0.05, 0) is 20.0 Å². The van der Waals surface area contributed by atoms with Gasteiger partial charge in [0, 0.05) is 36.5 Å². The molecule has 4 rings (SSSR count). The quantitative estimate of drug-likeness (QED) is 0.719. The molecule has 7 nitrogen and oxygen atoms in total. The molecule has 0 unspecified atom stereocenters. The highest BCUT2D eigenvalue weighted by Gasteiger charge is 2.32. The normalized spacial score (nSPS) is 21.2. The minimum absolute atomic E-state index is 0.0833. The van der Waals surface area contributed by atoms with E-state index in [1.165, 1.54) is 9.47 Å². The molecule has 0 spiro atoms. The lowest BCUT2D eigenvalue weighted by Crippen LogP contribution is -2.45. The molecule has 2 aliphatic rings. The maximum atomic E-state index is 15.2. The van der Waals surface area contributed by atoms with E-state index in [4.69, 9.17) is 8.85 Å². The van der Waals surface area contributed by atoms with E-state index in [2.05, 4.69) is 4.65 Å². The van der Waals surface area contributed by atoms with Crippen LogP contribution < -0.4 is 15.1 Å². The molecule has 2 aromatic rings. The summed E-state index contributed by atoms with van der Waals surface area (Å²) in [5.74, 6) is -2.21. The molecular weight excluding hydrogens is 390 g/mol. The van der Waals surface area contributed by atoms with Crippen LogP contribution in [0.4, 0.5) is 18.7 Å². The Balaban J connectivity index is 1.83. The van der Waals surface area contributed by atoms with Gasteiger partial charge in [-0.25, -0.2) is 17.8 Å². The van der Waals surface area contributed by atoms with E-state index >= 15 is 4.39 Å². The lowest BCUT2D eigenvalue weighted by Gasteiger charge is -2.37. The predicted molar refractivity (Wildman–Crippen MR) is 101 cm³/mol. The molecule has 1 aromatic carbocycles. The summed E-state index contributed by atoms with van der Waals surface area (Å²) in [4.78, 5) is 27.8. The fourth-order valence-corrected chi connectivity index (χ4v) is 3.73. The minimum Gasteiger partial charge on any atom is -0.487 e. The summed E-state index contributed by atoms with van der Waals surface area (Å²) in [7, 11) is -3.40. The number of pyridine rings is 1. The molecular formula is C18H19BF3N3O4. The monoisotopic (exact) mass is 412 g/mol. The third-order valence-corrected chi connectivity index (χ3v) is 5.15. The maximum absolute atomic E-state index is 15.2. The van der Waals surface area contributed by atoms with Crippen LogP contribution >= 0.6 is 0 Å². The summed E-state index contributed by atoms with van der Waals surface area (Å²) in [5, 5.41) is -0.197. The molecule has 1 aromatic heterocycles. The fraction of sp³-hybridized carbons (Fsp3) is 0.444. The molecule has 0 amide bonds. The molecule has 3 heterocycles. The van der Waals surface area contributed by atoms with E-state index in [1.54, 1.807) is 11.8 Å². The Morgan fingerprint density at radius 3 is 2.72 bits per heavy atom. The number of rotatable bonds is 3. The van der Waals surface area contributed by atoms with Crippen molar-refractivity contribution in [3.05, 3.63) is 33.9 Å². The Bertz CT molecular complexity index is 1140. The van der Waals surface area contributed by atoms with Crippen molar-refractivity contribution in [1.29, 1.82) is 0 Å². The van der Waals surface area contributed by atoms with Gasteiger partial charge in [-0.15, -0.1) is 0 Å². The number of ether oxygens (including phenoxy) is 1. The number of hydrogen-bond acceptors (Lipinski definition) is 6. The summed E-state index contributed by atoms with van der Waals surface area (Å²) >= 11 is 0. The number of aromatic nitrogens is 1. The molecule has 0 saturated carbocycles. The number of carbonyl (C=O) groups excluding carboxylic acids is 1. The van der Waals surface area contributed by atoms with Crippen LogP contribution in [-0.2, 0) is 4.65 Å². The zero-order chi connectivity index (χ0) is 23.4. The Hall–Kier alpha value is -2.69. The summed E-state index contributed by atoms with van der Waals surface area (Å²) < 4.78 is 74.0. The highest BCUT2D eigenvalue weighted by molar-refractivity contribution is 6.38. The molecule has 0 aliphatic carbocycles. The molecule has 1 saturated heterocycles. The molecule has 0 N–H and O–H groups in total. The molecule has 1 atom stereocenters. The minimum atomic E-state index is -3.40. The van der Waals surface area contributed by atoms with Gasteiger partial charge in [-0.1, -0.05) is 0 Å². The van der Waals surface area contributed by atoms with Crippen molar-refractivity contribution in [2.24, 2.45) is 0 Å². The van der Waals surface area contributed by atoms with Crippen molar-refractivity contribution in [3.8, 4) is 5.75 Å². The third-order valence-electron chi connectivity index (χ3n) is 5.15. The first kappa shape index (κ1) is 16.1. The smallest absolute Gasteiger partial charge is 0.487 e. The molecule has 0 bridgehead atoms. The summed E-state index contributed by atoms with van der Waals surface area (Å²) in [6, 6.07) is 0.568. The fourth-order valence-electron chi connectivity index (χ4n) is 3.73. The molecule has 29 heavy (non-hydrogen) atoms. The largest absolute Gasteiger partial charge is 0.798 e. The van der Waals surface area contributed by atoms with E-state index in [0.717, 1.165) is 12.3 Å². The average Bonchev–Trinajstić information content (AvgIpc) is 2.70. The summed E-state index contributed by atoms with van der Waals surface area (Å²) in [6.45, 7) is 0.348. The standard InChI is InChI=1S/C18H19BF3N3O4/c1-10-9-28-17-14-11(7-13(20)15(17)24-5-3-23(2)4-6-24)16(26)12(8-25(10)14)18(27)29-19(21)22/h7-8,10H,3-6,9H2,1-2H3/t10-/m0/s1/i2D3. The number of halogens is 3. The average molecular weight is 412 g/mol. The number of piperazine rings is 1. The Labute approximate surface area is 169 Å². The van der Waals surface area contributed by atoms with Gasteiger partial charge in [-0.2, -0.15) is 0 Å². The Morgan fingerprint density at radius 1 is 1.34 bits per heavy atom. The zero-order valence-corrected chi connectivity index (χ0v) is 15.5. The first-order chi connectivity index (χ1) is 15.0. The SMILES string of the molecule is [2H]C([2H])([2H])N1CCN(c2c(F)cc3c(=O)c(C(=O)OB(F)F)cn4c3c2OC[C@@H]4C)CC1. The van der Waals surface area contributed by atoms with Crippen LogP contribution in [-0.4, -0.2) is 62.7 Å². The number of hydrogen-bond donors (Lipinski definition) is 0. The second-order valence-corrected chi connectivity index (χ2v) is 7.01. The van der Waals surface area contributed by atoms with Gasteiger partial charge in [0.15, 0.2) is 11.6 Å². The number of carbonyl (C=O) groups is 1. The lowest BCUT2D eigenvalue weighted by atomic mass is 10.1. The van der Waals surface area contributed by atoms with E-state index in [0.29, 0.717) is 0 Å². The number of nitrogens with zero attached hydrogens (tertiary/aromatic N) is 3. The topological polar surface area (TPSA) is 64.0 Å². The van der Waals surface area contributed by atoms with Crippen LogP contribution in [0.5, 0.6) is 5.75 Å². The second-order valence-electron chi connectivity index (χ2n) is 7.01. The van der Waals surface area contributed by atoms with Crippen molar-refractivity contribution in [2.75, 3.05) is 44.7 Å². The van der Waals surface area contributed by atoms with Crippen LogP contribution in [0.1, 0.15) is 27.4 Å². The van der Waals surface area contributed by atoms with Gasteiger partial charge in [0.25, 0.3) is 0 Å². The van der Waals surface area contributed by atoms with Crippen LogP contribution in [0.2, 0.25) is 0 Å². The van der Waals surface area contributed by atoms with Crippen LogP contribution in [0.15, 0.2) is 17.1 Å². The van der Waals surface area contributed by atoms with Crippen molar-refractivity contribution in [1.82, 2.24) is 9.47 Å². The Kier molecular flexibility index (Phi) is 4.06. The third kappa shape index (κ3) is 3.33. The van der Waals surface area contributed by atoms with Gasteiger partial charge >= 0.3 is 13.4 Å². The maximum Gasteiger partial charge on any atom is 0.798 e. The van der Waals surface area contributed by atoms with Gasteiger partial charge in [0.2, 0.25) is 5.43 Å². The first-order valence-corrected chi connectivity index (χ1v) is 9.02. The molecule has 2 aliphatic heterocycles. The van der Waals surface area contributed by atoms with Gasteiger partial charge < -0.3 is 23.8 Å². The molecule has 1 fully saturated rings. The van der Waals surface area contributed by atoms with E-state index in [9.17, 15) is 18.2 Å². The predicted octanol–water partition coefficient (Wildman–Crippen LogP) is 1.93. The van der Waals surface area contributed by atoms with E-state index in [-0.39, 0.29) is 61.2 Å². The first-order valence-electron chi connectivity index (χ1n) is 10.5. The lowest BCUT2D eigenvalue weighted by molar-refractivity contribution is 0.0692. The van der Waals surface area contributed by atoms with Gasteiger partial charge in [0.05, 0.1) is 16.9 Å². The summed E-state index contributed by atoms with van der Waals surface area (Å²) in [6.07, 6.45) is 1.13. The van der Waals surface area contributed by atoms with Crippen molar-refractivity contribution >= 4 is 30.0 Å². The van der Waals surface area contributed by atoms with Crippen LogP contribution in [0.3, 0.4) is 0 Å². The highest BCUT2D eigenvalue weighted by Crippen LogP contribution is 2.42. The van der Waals surface area contributed by atoms with Crippen molar-refractivity contribution < 1.29 is 31.3 Å². The molecule has 154 valence electrons. The zero-order valence-electron chi connectivity index (χ0n) is 18.5. The van der Waals surface area contributed by atoms with Gasteiger partial charge in [-0.3, -0.25) is 4.79 Å². The summed E-state index contributed by atoms with van der Waals surface area (Å²) in [5.41, 5.74) is -1.25. The Morgan fingerprint density at radius 2 is 2.07 bits per heavy atom. The number of benzene rings is 1. The highest BCUT2D eigenvalue weighted by atomic mass is 19.2. The van der Waals surface area contributed by atoms with Gasteiger partial charge in [0.1, 0.15) is 17.9 Å². The van der Waals surface area contributed by atoms with Crippen molar-refractivity contribution in [3.63, 3.8) is 0 Å². The molecule has 0 radical (unpaired) electrons. The van der Waals surface area contributed by atoms with Crippen LogP contribution in [0.25, 0.3) is 10.9 Å².